The third-order valence-corrected chi connectivity index (χ3v) is 2.96. The summed E-state index contributed by atoms with van der Waals surface area (Å²) in [4.78, 5) is 23.9. The lowest BCUT2D eigenvalue weighted by Crippen LogP contribution is -2.36. The fraction of sp³-hybridized carbons (Fsp3) is 0.385. The van der Waals surface area contributed by atoms with Crippen molar-refractivity contribution in [2.45, 2.75) is 13.3 Å². The maximum atomic E-state index is 12.0. The van der Waals surface area contributed by atoms with Gasteiger partial charge >= 0.3 is 12.0 Å². The van der Waals surface area contributed by atoms with Gasteiger partial charge in [-0.2, -0.15) is 0 Å². The quantitative estimate of drug-likeness (QED) is 0.846. The van der Waals surface area contributed by atoms with E-state index in [0.29, 0.717) is 23.0 Å². The summed E-state index contributed by atoms with van der Waals surface area (Å²) in [6.07, 6.45) is -0.0926. The van der Waals surface area contributed by atoms with Crippen LogP contribution in [0.1, 0.15) is 13.3 Å². The van der Waals surface area contributed by atoms with E-state index in [9.17, 15) is 9.59 Å². The van der Waals surface area contributed by atoms with Crippen molar-refractivity contribution in [3.63, 3.8) is 0 Å². The highest BCUT2D eigenvalue weighted by molar-refractivity contribution is 6.32. The molecular formula is C13H17ClN2O4. The van der Waals surface area contributed by atoms with Gasteiger partial charge in [0.25, 0.3) is 0 Å². The molecule has 0 aromatic heterocycles. The lowest BCUT2D eigenvalue weighted by molar-refractivity contribution is -0.137. The fourth-order valence-corrected chi connectivity index (χ4v) is 1.84. The Hall–Kier alpha value is -1.95. The third kappa shape index (κ3) is 4.62. The third-order valence-electron chi connectivity index (χ3n) is 2.67. The summed E-state index contributed by atoms with van der Waals surface area (Å²) in [6, 6.07) is 4.51. The second kappa shape index (κ2) is 7.59. The van der Waals surface area contributed by atoms with E-state index in [1.807, 2.05) is 0 Å². The van der Waals surface area contributed by atoms with Gasteiger partial charge in [0.1, 0.15) is 5.75 Å². The van der Waals surface area contributed by atoms with Crippen LogP contribution in [-0.4, -0.2) is 42.2 Å². The first-order chi connectivity index (χ1) is 9.47. The number of ether oxygens (including phenoxy) is 1. The van der Waals surface area contributed by atoms with E-state index in [4.69, 9.17) is 21.4 Å². The predicted octanol–water partition coefficient (Wildman–Crippen LogP) is 2.68. The molecule has 0 saturated carbocycles. The molecule has 0 heterocycles. The molecule has 0 saturated heterocycles. The monoisotopic (exact) mass is 300 g/mol. The van der Waals surface area contributed by atoms with E-state index in [-0.39, 0.29) is 19.0 Å². The zero-order chi connectivity index (χ0) is 15.1. The molecule has 6 nitrogen and oxygen atoms in total. The number of carbonyl (C=O) groups excluding carboxylic acids is 1. The molecule has 1 rings (SSSR count). The minimum atomic E-state index is -0.941. The van der Waals surface area contributed by atoms with Gasteiger partial charge in [-0.05, 0) is 25.1 Å². The van der Waals surface area contributed by atoms with Crippen molar-refractivity contribution < 1.29 is 19.4 Å². The maximum absolute atomic E-state index is 12.0. The summed E-state index contributed by atoms with van der Waals surface area (Å²) < 4.78 is 5.02. The lowest BCUT2D eigenvalue weighted by atomic mass is 10.3. The largest absolute Gasteiger partial charge is 0.495 e. The summed E-state index contributed by atoms with van der Waals surface area (Å²) in [5.74, 6) is -0.424. The number of hydrogen-bond donors (Lipinski definition) is 2. The second-order valence-corrected chi connectivity index (χ2v) is 4.41. The van der Waals surface area contributed by atoms with Crippen LogP contribution in [-0.2, 0) is 4.79 Å². The summed E-state index contributed by atoms with van der Waals surface area (Å²) in [5, 5.41) is 11.7. The molecule has 2 amide bonds. The average Bonchev–Trinajstić information content (AvgIpc) is 2.39. The van der Waals surface area contributed by atoms with E-state index >= 15 is 0 Å². The highest BCUT2D eigenvalue weighted by Gasteiger charge is 2.13. The molecule has 0 fully saturated rings. The molecule has 0 aliphatic carbocycles. The normalized spacial score (nSPS) is 9.95. The molecule has 110 valence electrons. The van der Waals surface area contributed by atoms with Crippen molar-refractivity contribution in [2.75, 3.05) is 25.5 Å². The van der Waals surface area contributed by atoms with Crippen molar-refractivity contribution in [3.05, 3.63) is 23.2 Å². The number of carboxylic acid groups (broad SMARTS) is 1. The number of benzene rings is 1. The molecule has 0 atom stereocenters. The molecule has 20 heavy (non-hydrogen) atoms. The Morgan fingerprint density at radius 3 is 2.65 bits per heavy atom. The van der Waals surface area contributed by atoms with Crippen LogP contribution < -0.4 is 10.1 Å². The Morgan fingerprint density at radius 1 is 1.45 bits per heavy atom. The molecule has 1 aromatic carbocycles. The van der Waals surface area contributed by atoms with Gasteiger partial charge in [-0.3, -0.25) is 4.79 Å². The minimum Gasteiger partial charge on any atom is -0.495 e. The van der Waals surface area contributed by atoms with E-state index in [0.717, 1.165) is 0 Å². The number of halogens is 1. The van der Waals surface area contributed by atoms with E-state index in [2.05, 4.69) is 5.32 Å². The van der Waals surface area contributed by atoms with Gasteiger partial charge in [0.2, 0.25) is 0 Å². The highest BCUT2D eigenvalue weighted by atomic mass is 35.5. The number of amides is 2. The second-order valence-electron chi connectivity index (χ2n) is 4.00. The van der Waals surface area contributed by atoms with Gasteiger partial charge in [-0.1, -0.05) is 11.6 Å². The van der Waals surface area contributed by atoms with Gasteiger partial charge in [0.05, 0.1) is 18.6 Å². The van der Waals surface area contributed by atoms with Crippen molar-refractivity contribution >= 4 is 29.3 Å². The zero-order valence-electron chi connectivity index (χ0n) is 11.4. The van der Waals surface area contributed by atoms with Crippen molar-refractivity contribution in [1.29, 1.82) is 0 Å². The molecule has 2 N–H and O–H groups in total. The Morgan fingerprint density at radius 2 is 2.15 bits per heavy atom. The van der Waals surface area contributed by atoms with E-state index in [1.54, 1.807) is 25.1 Å². The van der Waals surface area contributed by atoms with Crippen LogP contribution in [0.5, 0.6) is 5.75 Å². The Balaban J connectivity index is 2.68. The summed E-state index contributed by atoms with van der Waals surface area (Å²) in [7, 11) is 1.50. The summed E-state index contributed by atoms with van der Waals surface area (Å²) in [6.45, 7) is 2.35. The maximum Gasteiger partial charge on any atom is 0.321 e. The molecule has 0 aliphatic rings. The fourth-order valence-electron chi connectivity index (χ4n) is 1.58. The topological polar surface area (TPSA) is 78.9 Å². The molecule has 0 unspecified atom stereocenters. The van der Waals surface area contributed by atoms with Gasteiger partial charge < -0.3 is 20.1 Å². The van der Waals surface area contributed by atoms with Crippen LogP contribution in [0.3, 0.4) is 0 Å². The van der Waals surface area contributed by atoms with Gasteiger partial charge in [0.15, 0.2) is 0 Å². The number of methoxy groups -OCH3 is 1. The first-order valence-electron chi connectivity index (χ1n) is 6.09. The molecule has 0 spiro atoms. The zero-order valence-corrected chi connectivity index (χ0v) is 12.1. The standard InChI is InChI=1S/C13H17ClN2O4/c1-3-16(7-6-12(17)18)13(19)15-9-4-5-11(20-2)10(14)8-9/h4-5,8H,3,6-7H2,1-2H3,(H,15,19)(H,17,18). The van der Waals surface area contributed by atoms with Crippen LogP contribution in [0.15, 0.2) is 18.2 Å². The molecular weight excluding hydrogens is 284 g/mol. The number of anilines is 1. The van der Waals surface area contributed by atoms with Crippen LogP contribution in [0.4, 0.5) is 10.5 Å². The number of nitrogens with zero attached hydrogens (tertiary/aromatic N) is 1. The number of urea groups is 1. The lowest BCUT2D eigenvalue weighted by Gasteiger charge is -2.20. The molecule has 0 radical (unpaired) electrons. The highest BCUT2D eigenvalue weighted by Crippen LogP contribution is 2.27. The molecule has 7 heteroatoms. The average molecular weight is 301 g/mol. The SMILES string of the molecule is CCN(CCC(=O)O)C(=O)Nc1ccc(OC)c(Cl)c1. The van der Waals surface area contributed by atoms with Gasteiger partial charge in [0, 0.05) is 18.8 Å². The number of hydrogen-bond acceptors (Lipinski definition) is 3. The van der Waals surface area contributed by atoms with E-state index in [1.165, 1.54) is 12.0 Å². The van der Waals surface area contributed by atoms with Crippen molar-refractivity contribution in [3.8, 4) is 5.75 Å². The summed E-state index contributed by atoms with van der Waals surface area (Å²) in [5.41, 5.74) is 0.523. The first-order valence-corrected chi connectivity index (χ1v) is 6.47. The van der Waals surface area contributed by atoms with Crippen LogP contribution in [0.25, 0.3) is 0 Å². The van der Waals surface area contributed by atoms with Crippen LogP contribution in [0, 0.1) is 0 Å². The number of carboxylic acids is 1. The van der Waals surface area contributed by atoms with Crippen molar-refractivity contribution in [1.82, 2.24) is 4.90 Å². The van der Waals surface area contributed by atoms with Gasteiger partial charge in [-0.15, -0.1) is 0 Å². The number of nitrogens with one attached hydrogen (secondary N) is 1. The number of rotatable bonds is 6. The molecule has 0 aliphatic heterocycles. The van der Waals surface area contributed by atoms with Gasteiger partial charge in [-0.25, -0.2) is 4.79 Å². The number of aliphatic carboxylic acids is 1. The molecule has 0 bridgehead atoms. The predicted molar refractivity (Wildman–Crippen MR) is 76.5 cm³/mol. The Kier molecular flexibility index (Phi) is 6.11. The van der Waals surface area contributed by atoms with Crippen LogP contribution in [0.2, 0.25) is 5.02 Å². The Bertz CT molecular complexity index is 493. The molecule has 1 aromatic rings. The van der Waals surface area contributed by atoms with Crippen LogP contribution >= 0.6 is 11.6 Å². The first kappa shape index (κ1) is 16.1. The summed E-state index contributed by atoms with van der Waals surface area (Å²) >= 11 is 5.96. The van der Waals surface area contributed by atoms with E-state index < -0.39 is 5.97 Å². The minimum absolute atomic E-state index is 0.0926. The number of carbonyl (C=O) groups is 2. The smallest absolute Gasteiger partial charge is 0.321 e. The Labute approximate surface area is 122 Å². The van der Waals surface area contributed by atoms with Crippen molar-refractivity contribution in [2.24, 2.45) is 0 Å².